The number of hydrogen-bond donors (Lipinski definition) is 1. The zero-order chi connectivity index (χ0) is 17.4. The molecule has 1 aliphatic heterocycles. The molecule has 0 radical (unpaired) electrons. The van der Waals surface area contributed by atoms with Gasteiger partial charge in [-0.05, 0) is 76.7 Å². The van der Waals surface area contributed by atoms with Gasteiger partial charge in [0.1, 0.15) is 0 Å². The molecule has 126 valence electrons. The van der Waals surface area contributed by atoms with E-state index in [9.17, 15) is 0 Å². The Balaban J connectivity index is 1.81. The number of rotatable bonds is 3. The van der Waals surface area contributed by atoms with E-state index >= 15 is 0 Å². The highest BCUT2D eigenvalue weighted by atomic mass is 79.9. The molecule has 1 N–H and O–H groups in total. The molecule has 7 heteroatoms. The van der Waals surface area contributed by atoms with Gasteiger partial charge in [-0.15, -0.1) is 11.3 Å². The Bertz CT molecular complexity index is 898. The average Bonchev–Trinajstić information content (AvgIpc) is 3.20. The minimum Gasteiger partial charge on any atom is -0.351 e. The molecule has 2 aromatic heterocycles. The lowest BCUT2D eigenvalue weighted by atomic mass is 10.0. The number of benzene rings is 1. The second kappa shape index (κ2) is 7.03. The van der Waals surface area contributed by atoms with Gasteiger partial charge in [-0.3, -0.25) is 4.98 Å². The summed E-state index contributed by atoms with van der Waals surface area (Å²) in [6, 6.07) is 17.9. The standard InChI is InChI=1S/C18H13BrClN3S2/c19-15-9-8-14(25-15)17-16(13-3-1-2-10-21-13)22-18(24)23(17)12-6-4-11(20)5-7-12/h1-10,16-17H,(H,22,24). The van der Waals surface area contributed by atoms with Crippen LogP contribution in [0.5, 0.6) is 0 Å². The second-order valence-corrected chi connectivity index (χ2v) is 8.93. The van der Waals surface area contributed by atoms with Crippen LogP contribution in [0.15, 0.2) is 64.6 Å². The fourth-order valence-corrected chi connectivity index (χ4v) is 5.04. The van der Waals surface area contributed by atoms with Gasteiger partial charge in [0.2, 0.25) is 0 Å². The summed E-state index contributed by atoms with van der Waals surface area (Å²) in [7, 11) is 0. The van der Waals surface area contributed by atoms with Crippen molar-refractivity contribution in [2.75, 3.05) is 4.90 Å². The monoisotopic (exact) mass is 449 g/mol. The van der Waals surface area contributed by atoms with E-state index in [-0.39, 0.29) is 12.1 Å². The Morgan fingerprint density at radius 2 is 1.92 bits per heavy atom. The van der Waals surface area contributed by atoms with E-state index in [0.29, 0.717) is 10.1 Å². The van der Waals surface area contributed by atoms with Crippen LogP contribution in [0.25, 0.3) is 0 Å². The van der Waals surface area contributed by atoms with Crippen molar-refractivity contribution in [2.24, 2.45) is 0 Å². The molecule has 2 atom stereocenters. The van der Waals surface area contributed by atoms with E-state index < -0.39 is 0 Å². The molecule has 3 heterocycles. The average molecular weight is 451 g/mol. The maximum absolute atomic E-state index is 6.05. The Hall–Kier alpha value is -1.47. The summed E-state index contributed by atoms with van der Waals surface area (Å²) in [4.78, 5) is 7.90. The number of thiocarbonyl (C=S) groups is 1. The lowest BCUT2D eigenvalue weighted by Crippen LogP contribution is -2.28. The van der Waals surface area contributed by atoms with Gasteiger partial charge in [0.25, 0.3) is 0 Å². The van der Waals surface area contributed by atoms with Crippen molar-refractivity contribution in [1.82, 2.24) is 10.3 Å². The zero-order valence-corrected chi connectivity index (χ0v) is 16.9. The van der Waals surface area contributed by atoms with Crippen LogP contribution >= 0.6 is 51.1 Å². The first kappa shape index (κ1) is 17.0. The van der Waals surface area contributed by atoms with Gasteiger partial charge < -0.3 is 10.2 Å². The third-order valence-electron chi connectivity index (χ3n) is 4.09. The zero-order valence-electron chi connectivity index (χ0n) is 12.9. The van der Waals surface area contributed by atoms with Crippen molar-refractivity contribution in [3.8, 4) is 0 Å². The number of hydrogen-bond acceptors (Lipinski definition) is 3. The first-order chi connectivity index (χ1) is 12.1. The summed E-state index contributed by atoms with van der Waals surface area (Å²) in [5.41, 5.74) is 1.98. The van der Waals surface area contributed by atoms with Crippen molar-refractivity contribution in [3.05, 3.63) is 80.2 Å². The molecule has 4 rings (SSSR count). The van der Waals surface area contributed by atoms with Crippen LogP contribution in [0.3, 0.4) is 0 Å². The molecule has 3 aromatic rings. The quantitative estimate of drug-likeness (QED) is 0.515. The summed E-state index contributed by atoms with van der Waals surface area (Å²) < 4.78 is 1.09. The molecular weight excluding hydrogens is 438 g/mol. The van der Waals surface area contributed by atoms with Crippen molar-refractivity contribution < 1.29 is 0 Å². The van der Waals surface area contributed by atoms with Crippen LogP contribution in [-0.4, -0.2) is 10.1 Å². The molecule has 0 bridgehead atoms. The van der Waals surface area contributed by atoms with E-state index in [4.69, 9.17) is 23.8 Å². The first-order valence-electron chi connectivity index (χ1n) is 7.65. The Labute approximate surface area is 168 Å². The SMILES string of the molecule is S=C1NC(c2ccccn2)C(c2ccc(Br)s2)N1c1ccc(Cl)cc1. The van der Waals surface area contributed by atoms with Gasteiger partial charge in [-0.2, -0.15) is 0 Å². The number of anilines is 1. The minimum atomic E-state index is -0.0186. The normalized spacial score (nSPS) is 19.9. The lowest BCUT2D eigenvalue weighted by Gasteiger charge is -2.26. The predicted molar refractivity (Wildman–Crippen MR) is 111 cm³/mol. The molecule has 1 aromatic carbocycles. The van der Waals surface area contributed by atoms with Crippen molar-refractivity contribution in [1.29, 1.82) is 0 Å². The largest absolute Gasteiger partial charge is 0.351 e. The first-order valence-corrected chi connectivity index (χ1v) is 10.0. The van der Waals surface area contributed by atoms with E-state index in [1.165, 1.54) is 4.88 Å². The molecule has 3 nitrogen and oxygen atoms in total. The molecule has 0 amide bonds. The molecule has 0 saturated carbocycles. The van der Waals surface area contributed by atoms with Crippen LogP contribution in [0, 0.1) is 0 Å². The Morgan fingerprint density at radius 1 is 1.12 bits per heavy atom. The number of halogens is 2. The lowest BCUT2D eigenvalue weighted by molar-refractivity contribution is 0.575. The van der Waals surface area contributed by atoms with Gasteiger partial charge in [-0.1, -0.05) is 17.7 Å². The fraction of sp³-hybridized carbons (Fsp3) is 0.111. The molecule has 1 saturated heterocycles. The molecule has 1 aliphatic rings. The highest BCUT2D eigenvalue weighted by molar-refractivity contribution is 9.11. The highest BCUT2D eigenvalue weighted by Gasteiger charge is 2.41. The van der Waals surface area contributed by atoms with Crippen LogP contribution < -0.4 is 10.2 Å². The highest BCUT2D eigenvalue weighted by Crippen LogP contribution is 2.44. The van der Waals surface area contributed by atoms with E-state index in [1.54, 1.807) is 11.3 Å². The number of aromatic nitrogens is 1. The molecule has 1 fully saturated rings. The summed E-state index contributed by atoms with van der Waals surface area (Å²) >= 11 is 17.0. The smallest absolute Gasteiger partial charge is 0.174 e. The number of nitrogens with one attached hydrogen (secondary N) is 1. The summed E-state index contributed by atoms with van der Waals surface area (Å²) in [5, 5.41) is 4.84. The number of thiophene rings is 1. The molecule has 25 heavy (non-hydrogen) atoms. The Kier molecular flexibility index (Phi) is 4.78. The van der Waals surface area contributed by atoms with Gasteiger partial charge in [-0.25, -0.2) is 0 Å². The van der Waals surface area contributed by atoms with Gasteiger partial charge in [0.15, 0.2) is 5.11 Å². The van der Waals surface area contributed by atoms with Crippen LogP contribution in [0.1, 0.15) is 22.7 Å². The van der Waals surface area contributed by atoms with E-state index in [0.717, 1.165) is 15.2 Å². The van der Waals surface area contributed by atoms with Gasteiger partial charge >= 0.3 is 0 Å². The molecular formula is C18H13BrClN3S2. The minimum absolute atomic E-state index is 0.0186. The Morgan fingerprint density at radius 3 is 2.56 bits per heavy atom. The maximum Gasteiger partial charge on any atom is 0.174 e. The fourth-order valence-electron chi connectivity index (χ4n) is 3.01. The van der Waals surface area contributed by atoms with Crippen molar-refractivity contribution in [3.63, 3.8) is 0 Å². The van der Waals surface area contributed by atoms with Gasteiger partial charge in [0.05, 0.1) is 21.6 Å². The number of nitrogens with zero attached hydrogens (tertiary/aromatic N) is 2. The third kappa shape index (κ3) is 3.31. The van der Waals surface area contributed by atoms with Crippen LogP contribution in [0.4, 0.5) is 5.69 Å². The third-order valence-corrected chi connectivity index (χ3v) is 6.35. The van der Waals surface area contributed by atoms with Crippen molar-refractivity contribution >= 4 is 61.9 Å². The van der Waals surface area contributed by atoms with E-state index in [2.05, 4.69) is 43.3 Å². The summed E-state index contributed by atoms with van der Waals surface area (Å²) in [5.74, 6) is 0. The van der Waals surface area contributed by atoms with Gasteiger partial charge in [0, 0.05) is 21.8 Å². The van der Waals surface area contributed by atoms with Crippen LogP contribution in [-0.2, 0) is 0 Å². The summed E-state index contributed by atoms with van der Waals surface area (Å²) in [6.07, 6.45) is 1.81. The summed E-state index contributed by atoms with van der Waals surface area (Å²) in [6.45, 7) is 0. The molecule has 2 unspecified atom stereocenters. The van der Waals surface area contributed by atoms with Crippen LogP contribution in [0.2, 0.25) is 5.02 Å². The van der Waals surface area contributed by atoms with E-state index in [1.807, 2.05) is 48.7 Å². The molecule has 0 spiro atoms. The maximum atomic E-state index is 6.05. The van der Waals surface area contributed by atoms with Crippen molar-refractivity contribution in [2.45, 2.75) is 12.1 Å². The topological polar surface area (TPSA) is 28.2 Å². The number of pyridine rings is 1. The second-order valence-electron chi connectivity index (χ2n) is 5.61. The molecule has 0 aliphatic carbocycles. The predicted octanol–water partition coefficient (Wildman–Crippen LogP) is 5.74.